The first-order valence-electron chi connectivity index (χ1n) is 10.2. The van der Waals surface area contributed by atoms with E-state index in [4.69, 9.17) is 4.74 Å². The van der Waals surface area contributed by atoms with E-state index >= 15 is 0 Å². The summed E-state index contributed by atoms with van der Waals surface area (Å²) in [5, 5.41) is 8.40. The maximum atomic E-state index is 5.56. The minimum Gasteiger partial charge on any atom is -0.379 e. The number of morpholine rings is 1. The van der Waals surface area contributed by atoms with Gasteiger partial charge < -0.3 is 20.4 Å². The Morgan fingerprint density at radius 2 is 2.10 bits per heavy atom. The number of guanidine groups is 1. The lowest BCUT2D eigenvalue weighted by atomic mass is 9.95. The lowest BCUT2D eigenvalue weighted by Gasteiger charge is -2.43. The molecule has 0 bridgehead atoms. The van der Waals surface area contributed by atoms with E-state index in [1.54, 1.807) is 0 Å². The zero-order valence-corrected chi connectivity index (χ0v) is 20.2. The highest BCUT2D eigenvalue weighted by molar-refractivity contribution is 14.0. The first kappa shape index (κ1) is 22.7. The highest BCUT2D eigenvalue weighted by Gasteiger charge is 2.40. The molecule has 0 aliphatic carbocycles. The number of aliphatic imine (C=N–C) groups is 1. The molecule has 1 aromatic carbocycles. The Kier molecular flexibility index (Phi) is 8.52. The Morgan fingerprint density at radius 3 is 2.86 bits per heavy atom. The average Bonchev–Trinajstić information content (AvgIpc) is 3.39. The van der Waals surface area contributed by atoms with Crippen molar-refractivity contribution < 1.29 is 4.74 Å². The summed E-state index contributed by atoms with van der Waals surface area (Å²) in [6, 6.07) is 8.46. The molecule has 2 fully saturated rings. The summed E-state index contributed by atoms with van der Waals surface area (Å²) in [5.74, 6) is 3.32. The summed E-state index contributed by atoms with van der Waals surface area (Å²) in [4.78, 5) is 10.4. The van der Waals surface area contributed by atoms with Gasteiger partial charge in [0.2, 0.25) is 0 Å². The van der Waals surface area contributed by atoms with Crippen LogP contribution in [0.2, 0.25) is 0 Å². The molecule has 8 heteroatoms. The number of ether oxygens (including phenoxy) is 1. The molecular weight excluding hydrogens is 497 g/mol. The van der Waals surface area contributed by atoms with E-state index in [0.29, 0.717) is 0 Å². The van der Waals surface area contributed by atoms with Gasteiger partial charge in [-0.2, -0.15) is 11.8 Å². The number of nitrogens with zero attached hydrogens (tertiary/aromatic N) is 2. The molecule has 1 unspecified atom stereocenters. The number of para-hydroxylation sites is 1. The summed E-state index contributed by atoms with van der Waals surface area (Å²) in [7, 11) is 1.85. The van der Waals surface area contributed by atoms with E-state index in [2.05, 4.69) is 67.7 Å². The Labute approximate surface area is 194 Å². The standard InChI is InChI=1S/C21H31N5OS.HI/c1-22-20(23-8-6-17-14-24-19-5-3-2-4-18(17)19)25-15-21(7-13-28-16-21)26-9-11-27-12-10-26;/h2-5,14,24H,6-13,15-16H2,1H3,(H2,22,23,25);1H. The van der Waals surface area contributed by atoms with Gasteiger partial charge in [0.1, 0.15) is 0 Å². The fourth-order valence-electron chi connectivity index (χ4n) is 4.26. The highest BCUT2D eigenvalue weighted by atomic mass is 127. The minimum atomic E-state index is 0. The van der Waals surface area contributed by atoms with Crippen LogP contribution in [0.1, 0.15) is 12.0 Å². The van der Waals surface area contributed by atoms with Gasteiger partial charge in [-0.3, -0.25) is 9.89 Å². The molecule has 0 saturated carbocycles. The lowest BCUT2D eigenvalue weighted by Crippen LogP contribution is -2.60. The summed E-state index contributed by atoms with van der Waals surface area (Å²) in [6.07, 6.45) is 4.32. The van der Waals surface area contributed by atoms with Gasteiger partial charge in [-0.1, -0.05) is 18.2 Å². The Balaban J connectivity index is 0.00000240. The molecule has 0 amide bonds. The van der Waals surface area contributed by atoms with Gasteiger partial charge in [0.15, 0.2) is 5.96 Å². The van der Waals surface area contributed by atoms with E-state index in [1.807, 2.05) is 7.05 Å². The number of nitrogens with one attached hydrogen (secondary N) is 3. The number of fused-ring (bicyclic) bond motifs is 1. The van der Waals surface area contributed by atoms with E-state index in [9.17, 15) is 0 Å². The molecule has 2 aliphatic heterocycles. The Morgan fingerprint density at radius 1 is 1.28 bits per heavy atom. The van der Waals surface area contributed by atoms with Crippen LogP contribution in [-0.2, 0) is 11.2 Å². The maximum Gasteiger partial charge on any atom is 0.191 e. The first-order chi connectivity index (χ1) is 13.8. The molecule has 2 saturated heterocycles. The van der Waals surface area contributed by atoms with Crippen LogP contribution in [0.4, 0.5) is 0 Å². The molecule has 2 aromatic rings. The van der Waals surface area contributed by atoms with Crippen molar-refractivity contribution in [2.24, 2.45) is 4.99 Å². The van der Waals surface area contributed by atoms with Crippen molar-refractivity contribution in [2.45, 2.75) is 18.4 Å². The maximum absolute atomic E-state index is 5.56. The van der Waals surface area contributed by atoms with Crippen molar-refractivity contribution in [3.05, 3.63) is 36.0 Å². The fraction of sp³-hybridized carbons (Fsp3) is 0.571. The second-order valence-electron chi connectivity index (χ2n) is 7.59. The fourth-order valence-corrected chi connectivity index (χ4v) is 5.74. The highest BCUT2D eigenvalue weighted by Crippen LogP contribution is 2.33. The number of rotatable bonds is 6. The number of benzene rings is 1. The predicted molar refractivity (Wildman–Crippen MR) is 134 cm³/mol. The van der Waals surface area contributed by atoms with E-state index in [1.165, 1.54) is 34.4 Å². The lowest BCUT2D eigenvalue weighted by molar-refractivity contribution is -0.0120. The van der Waals surface area contributed by atoms with Gasteiger partial charge in [0, 0.05) is 61.6 Å². The molecule has 0 radical (unpaired) electrons. The van der Waals surface area contributed by atoms with Crippen LogP contribution in [0.3, 0.4) is 0 Å². The van der Waals surface area contributed by atoms with E-state index in [0.717, 1.165) is 51.8 Å². The SMILES string of the molecule is CN=C(NCCc1c[nH]c2ccccc12)NCC1(N2CCOCC2)CCSC1.I. The molecular formula is C21H32IN5OS. The van der Waals surface area contributed by atoms with Crippen LogP contribution in [0.25, 0.3) is 10.9 Å². The summed E-state index contributed by atoms with van der Waals surface area (Å²) < 4.78 is 5.56. The summed E-state index contributed by atoms with van der Waals surface area (Å²) in [5.41, 5.74) is 2.77. The second kappa shape index (κ2) is 10.9. The number of aromatic nitrogens is 1. The number of aromatic amines is 1. The summed E-state index contributed by atoms with van der Waals surface area (Å²) in [6.45, 7) is 5.57. The van der Waals surface area contributed by atoms with Gasteiger partial charge >= 0.3 is 0 Å². The van der Waals surface area contributed by atoms with Crippen molar-refractivity contribution in [1.29, 1.82) is 0 Å². The third kappa shape index (κ3) is 5.39. The van der Waals surface area contributed by atoms with Crippen LogP contribution in [0.15, 0.2) is 35.5 Å². The molecule has 2 aliphatic rings. The first-order valence-corrected chi connectivity index (χ1v) is 11.4. The zero-order valence-electron chi connectivity index (χ0n) is 17.1. The number of hydrogen-bond donors (Lipinski definition) is 3. The number of hydrogen-bond acceptors (Lipinski definition) is 4. The normalized spacial score (nSPS) is 23.1. The molecule has 6 nitrogen and oxygen atoms in total. The van der Waals surface area contributed by atoms with Gasteiger partial charge in [-0.15, -0.1) is 24.0 Å². The average molecular weight is 529 g/mol. The van der Waals surface area contributed by atoms with Crippen LogP contribution < -0.4 is 10.6 Å². The molecule has 3 N–H and O–H groups in total. The van der Waals surface area contributed by atoms with Crippen LogP contribution in [-0.4, -0.2) is 79.3 Å². The molecule has 0 spiro atoms. The van der Waals surface area contributed by atoms with Crippen molar-refractivity contribution in [3.8, 4) is 0 Å². The predicted octanol–water partition coefficient (Wildman–Crippen LogP) is 2.70. The van der Waals surface area contributed by atoms with Gasteiger partial charge in [0.05, 0.1) is 13.2 Å². The van der Waals surface area contributed by atoms with Crippen molar-refractivity contribution >= 4 is 52.6 Å². The van der Waals surface area contributed by atoms with Crippen LogP contribution in [0.5, 0.6) is 0 Å². The molecule has 160 valence electrons. The third-order valence-corrected chi connectivity index (χ3v) is 7.17. The quantitative estimate of drug-likeness (QED) is 0.305. The second-order valence-corrected chi connectivity index (χ2v) is 8.69. The number of thioether (sulfide) groups is 1. The minimum absolute atomic E-state index is 0. The molecule has 3 heterocycles. The monoisotopic (exact) mass is 529 g/mol. The number of H-pyrrole nitrogens is 1. The van der Waals surface area contributed by atoms with Gasteiger partial charge in [-0.25, -0.2) is 0 Å². The smallest absolute Gasteiger partial charge is 0.191 e. The van der Waals surface area contributed by atoms with Crippen molar-refractivity contribution in [2.75, 3.05) is 57.9 Å². The van der Waals surface area contributed by atoms with Crippen molar-refractivity contribution in [1.82, 2.24) is 20.5 Å². The largest absolute Gasteiger partial charge is 0.379 e. The topological polar surface area (TPSA) is 64.7 Å². The van der Waals surface area contributed by atoms with Crippen LogP contribution in [0, 0.1) is 0 Å². The van der Waals surface area contributed by atoms with E-state index in [-0.39, 0.29) is 29.5 Å². The van der Waals surface area contributed by atoms with Gasteiger partial charge in [-0.05, 0) is 30.2 Å². The molecule has 4 rings (SSSR count). The number of halogens is 1. The Hall–Kier alpha value is -0.970. The Bertz CT molecular complexity index is 799. The summed E-state index contributed by atoms with van der Waals surface area (Å²) >= 11 is 2.06. The zero-order chi connectivity index (χ0) is 19.2. The molecule has 1 aromatic heterocycles. The van der Waals surface area contributed by atoms with E-state index < -0.39 is 0 Å². The molecule has 29 heavy (non-hydrogen) atoms. The third-order valence-electron chi connectivity index (χ3n) is 5.93. The molecule has 1 atom stereocenters. The van der Waals surface area contributed by atoms with Crippen LogP contribution >= 0.6 is 35.7 Å². The van der Waals surface area contributed by atoms with Gasteiger partial charge in [0.25, 0.3) is 0 Å². The van der Waals surface area contributed by atoms with Crippen molar-refractivity contribution in [3.63, 3.8) is 0 Å².